The maximum atomic E-state index is 8.86. The van der Waals surface area contributed by atoms with E-state index in [1.165, 1.54) is 0 Å². The minimum atomic E-state index is -0.627. The van der Waals surface area contributed by atoms with Gasteiger partial charge in [-0.3, -0.25) is 0 Å². The van der Waals surface area contributed by atoms with Crippen molar-refractivity contribution < 1.29 is 14.9 Å². The fourth-order valence-corrected chi connectivity index (χ4v) is 1.21. The molecule has 0 amide bonds. The molecule has 1 heterocycles. The van der Waals surface area contributed by atoms with Crippen molar-refractivity contribution in [1.29, 1.82) is 0 Å². The van der Waals surface area contributed by atoms with Gasteiger partial charge in [0, 0.05) is 6.61 Å². The third-order valence-electron chi connectivity index (χ3n) is 2.01. The summed E-state index contributed by atoms with van der Waals surface area (Å²) in [5, 5.41) is 17.7. The fourth-order valence-electron chi connectivity index (χ4n) is 1.21. The molecule has 0 radical (unpaired) electrons. The first kappa shape index (κ1) is 7.98. The lowest BCUT2D eigenvalue weighted by atomic mass is 9.96. The summed E-state index contributed by atoms with van der Waals surface area (Å²) in [5.74, 6) is 0. The Hall–Kier alpha value is -0.120. The summed E-state index contributed by atoms with van der Waals surface area (Å²) in [5.41, 5.74) is -0.627. The highest BCUT2D eigenvalue weighted by Crippen LogP contribution is 2.23. The van der Waals surface area contributed by atoms with Gasteiger partial charge in [-0.2, -0.15) is 0 Å². The van der Waals surface area contributed by atoms with Crippen molar-refractivity contribution in [2.24, 2.45) is 0 Å². The smallest absolute Gasteiger partial charge is 0.114 e. The average molecular weight is 146 g/mol. The molecule has 3 heteroatoms. The molecule has 0 unspecified atom stereocenters. The van der Waals surface area contributed by atoms with Crippen molar-refractivity contribution in [3.05, 3.63) is 0 Å². The number of aliphatic hydroxyl groups excluding tert-OH is 2. The van der Waals surface area contributed by atoms with Gasteiger partial charge in [0.2, 0.25) is 0 Å². The van der Waals surface area contributed by atoms with Gasteiger partial charge in [-0.25, -0.2) is 0 Å². The molecule has 0 atom stereocenters. The van der Waals surface area contributed by atoms with Crippen LogP contribution in [0.5, 0.6) is 0 Å². The normalized spacial score (nSPS) is 24.6. The second-order valence-corrected chi connectivity index (χ2v) is 2.80. The average Bonchev–Trinajstić information content (AvgIpc) is 2.06. The van der Waals surface area contributed by atoms with Crippen molar-refractivity contribution in [1.82, 2.24) is 0 Å². The van der Waals surface area contributed by atoms with Gasteiger partial charge in [0.1, 0.15) is 5.60 Å². The Morgan fingerprint density at radius 2 is 1.90 bits per heavy atom. The van der Waals surface area contributed by atoms with Crippen molar-refractivity contribution in [2.75, 3.05) is 19.8 Å². The van der Waals surface area contributed by atoms with E-state index in [1.54, 1.807) is 0 Å². The molecule has 0 saturated carbocycles. The molecule has 1 aliphatic heterocycles. The van der Waals surface area contributed by atoms with Crippen LogP contribution in [0.2, 0.25) is 0 Å². The third-order valence-corrected chi connectivity index (χ3v) is 2.01. The molecule has 0 aliphatic carbocycles. The standard InChI is InChI=1S/C7H14O3/c8-5-7(6-9)3-1-2-4-10-7/h8-9H,1-6H2. The topological polar surface area (TPSA) is 49.7 Å². The van der Waals surface area contributed by atoms with Crippen molar-refractivity contribution in [3.63, 3.8) is 0 Å². The number of rotatable bonds is 2. The minimum Gasteiger partial charge on any atom is -0.393 e. The molecule has 0 aromatic carbocycles. The summed E-state index contributed by atoms with van der Waals surface area (Å²) in [6.45, 7) is 0.536. The second kappa shape index (κ2) is 3.32. The molecule has 2 N–H and O–H groups in total. The first-order valence-electron chi connectivity index (χ1n) is 3.69. The van der Waals surface area contributed by atoms with E-state index in [0.717, 1.165) is 19.3 Å². The maximum absolute atomic E-state index is 8.86. The number of ether oxygens (including phenoxy) is 1. The Balaban J connectivity index is 2.44. The minimum absolute atomic E-state index is 0.0660. The molecule has 0 aromatic rings. The lowest BCUT2D eigenvalue weighted by Gasteiger charge is -2.33. The molecule has 1 fully saturated rings. The number of aliphatic hydroxyl groups is 2. The Bertz CT molecular complexity index is 91.0. The Morgan fingerprint density at radius 3 is 2.20 bits per heavy atom. The van der Waals surface area contributed by atoms with Gasteiger partial charge in [-0.1, -0.05) is 0 Å². The van der Waals surface area contributed by atoms with E-state index in [2.05, 4.69) is 0 Å². The Labute approximate surface area is 60.6 Å². The van der Waals surface area contributed by atoms with E-state index >= 15 is 0 Å². The fraction of sp³-hybridized carbons (Fsp3) is 1.00. The van der Waals surface area contributed by atoms with Crippen LogP contribution in [-0.4, -0.2) is 35.6 Å². The molecule has 1 rings (SSSR count). The zero-order valence-corrected chi connectivity index (χ0v) is 6.05. The SMILES string of the molecule is OCC1(CO)CCCCO1. The number of hydrogen-bond acceptors (Lipinski definition) is 3. The lowest BCUT2D eigenvalue weighted by molar-refractivity contribution is -0.132. The molecule has 60 valence electrons. The van der Waals surface area contributed by atoms with Crippen molar-refractivity contribution in [2.45, 2.75) is 24.9 Å². The number of hydrogen-bond donors (Lipinski definition) is 2. The summed E-state index contributed by atoms with van der Waals surface area (Å²) in [7, 11) is 0. The van der Waals surface area contributed by atoms with Crippen LogP contribution in [0.1, 0.15) is 19.3 Å². The van der Waals surface area contributed by atoms with E-state index in [0.29, 0.717) is 6.61 Å². The quantitative estimate of drug-likeness (QED) is 0.572. The summed E-state index contributed by atoms with van der Waals surface area (Å²) in [6.07, 6.45) is 2.86. The molecular weight excluding hydrogens is 132 g/mol. The summed E-state index contributed by atoms with van der Waals surface area (Å²) < 4.78 is 5.26. The van der Waals surface area contributed by atoms with Crippen LogP contribution in [0, 0.1) is 0 Å². The maximum Gasteiger partial charge on any atom is 0.114 e. The van der Waals surface area contributed by atoms with Crippen LogP contribution >= 0.6 is 0 Å². The first-order chi connectivity index (χ1) is 4.83. The van der Waals surface area contributed by atoms with E-state index in [9.17, 15) is 0 Å². The molecule has 0 spiro atoms. The first-order valence-corrected chi connectivity index (χ1v) is 3.69. The Kier molecular flexibility index (Phi) is 2.65. The highest BCUT2D eigenvalue weighted by atomic mass is 16.5. The highest BCUT2D eigenvalue weighted by Gasteiger charge is 2.31. The van der Waals surface area contributed by atoms with Gasteiger partial charge in [0.25, 0.3) is 0 Å². The van der Waals surface area contributed by atoms with Crippen LogP contribution in [-0.2, 0) is 4.74 Å². The van der Waals surface area contributed by atoms with Gasteiger partial charge < -0.3 is 14.9 Å². The highest BCUT2D eigenvalue weighted by molar-refractivity contribution is 4.81. The largest absolute Gasteiger partial charge is 0.393 e. The van der Waals surface area contributed by atoms with Crippen molar-refractivity contribution in [3.8, 4) is 0 Å². The lowest BCUT2D eigenvalue weighted by Crippen LogP contribution is -2.43. The summed E-state index contributed by atoms with van der Waals surface area (Å²) in [6, 6.07) is 0. The van der Waals surface area contributed by atoms with E-state index in [-0.39, 0.29) is 13.2 Å². The van der Waals surface area contributed by atoms with E-state index in [4.69, 9.17) is 14.9 Å². The van der Waals surface area contributed by atoms with Gasteiger partial charge in [-0.05, 0) is 19.3 Å². The molecule has 0 aromatic heterocycles. The molecule has 10 heavy (non-hydrogen) atoms. The van der Waals surface area contributed by atoms with Gasteiger partial charge in [0.15, 0.2) is 0 Å². The molecule has 0 bridgehead atoms. The molecule has 1 aliphatic rings. The van der Waals surface area contributed by atoms with Gasteiger partial charge in [0.05, 0.1) is 13.2 Å². The predicted molar refractivity (Wildman–Crippen MR) is 36.7 cm³/mol. The zero-order chi connectivity index (χ0) is 7.45. The molecule has 1 saturated heterocycles. The van der Waals surface area contributed by atoms with Crippen LogP contribution in [0.4, 0.5) is 0 Å². The summed E-state index contributed by atoms with van der Waals surface area (Å²) >= 11 is 0. The van der Waals surface area contributed by atoms with Crippen molar-refractivity contribution >= 4 is 0 Å². The van der Waals surface area contributed by atoms with Gasteiger partial charge >= 0.3 is 0 Å². The second-order valence-electron chi connectivity index (χ2n) is 2.80. The summed E-state index contributed by atoms with van der Waals surface area (Å²) in [4.78, 5) is 0. The van der Waals surface area contributed by atoms with E-state index in [1.807, 2.05) is 0 Å². The molecular formula is C7H14O3. The van der Waals surface area contributed by atoms with Crippen LogP contribution in [0.25, 0.3) is 0 Å². The Morgan fingerprint density at radius 1 is 1.20 bits per heavy atom. The van der Waals surface area contributed by atoms with Crippen LogP contribution < -0.4 is 0 Å². The van der Waals surface area contributed by atoms with Crippen LogP contribution in [0.15, 0.2) is 0 Å². The van der Waals surface area contributed by atoms with E-state index < -0.39 is 5.60 Å². The zero-order valence-electron chi connectivity index (χ0n) is 6.05. The van der Waals surface area contributed by atoms with Crippen LogP contribution in [0.3, 0.4) is 0 Å². The third kappa shape index (κ3) is 1.48. The molecule has 3 nitrogen and oxygen atoms in total. The monoisotopic (exact) mass is 146 g/mol. The predicted octanol–water partition coefficient (Wildman–Crippen LogP) is -0.0897. The van der Waals surface area contributed by atoms with Gasteiger partial charge in [-0.15, -0.1) is 0 Å².